The second-order valence-corrected chi connectivity index (χ2v) is 7.02. The van der Waals surface area contributed by atoms with Gasteiger partial charge >= 0.3 is 0 Å². The van der Waals surface area contributed by atoms with Gasteiger partial charge in [0.1, 0.15) is 5.82 Å². The minimum atomic E-state index is 0.0530. The van der Waals surface area contributed by atoms with Crippen LogP contribution in [-0.4, -0.2) is 41.9 Å². The average molecular weight is 330 g/mol. The van der Waals surface area contributed by atoms with Gasteiger partial charge in [-0.25, -0.2) is 0 Å². The minimum absolute atomic E-state index is 0.0530. The third-order valence-electron chi connectivity index (χ3n) is 4.58. The van der Waals surface area contributed by atoms with Crippen LogP contribution in [0.15, 0.2) is 6.07 Å². The Morgan fingerprint density at radius 1 is 1.21 bits per heavy atom. The van der Waals surface area contributed by atoms with Gasteiger partial charge in [0.25, 0.3) is 0 Å². The van der Waals surface area contributed by atoms with Gasteiger partial charge in [-0.05, 0) is 26.8 Å². The smallest absolute Gasteiger partial charge is 0.225 e. The first kappa shape index (κ1) is 16.7. The van der Waals surface area contributed by atoms with E-state index in [2.05, 4.69) is 33.7 Å². The molecule has 0 spiro atoms. The fraction of sp³-hybridized carbons (Fsp3) is 0.647. The Balaban J connectivity index is 1.67. The van der Waals surface area contributed by atoms with E-state index in [0.29, 0.717) is 25.4 Å². The Morgan fingerprint density at radius 3 is 2.58 bits per heavy atom. The van der Waals surface area contributed by atoms with Crippen molar-refractivity contribution in [2.75, 3.05) is 6.54 Å². The lowest BCUT2D eigenvalue weighted by atomic mass is 10.2. The molecule has 1 atom stereocenters. The number of hydrogen-bond donors (Lipinski definition) is 0. The highest BCUT2D eigenvalue weighted by Crippen LogP contribution is 2.21. The van der Waals surface area contributed by atoms with Crippen molar-refractivity contribution in [2.45, 2.75) is 66.1 Å². The van der Waals surface area contributed by atoms with E-state index in [1.165, 1.54) is 0 Å². The molecule has 1 unspecified atom stereocenters. The summed E-state index contributed by atoms with van der Waals surface area (Å²) in [6, 6.07) is 2.09. The molecule has 2 aromatic rings. The first-order chi connectivity index (χ1) is 11.4. The maximum atomic E-state index is 12.7. The lowest BCUT2D eigenvalue weighted by Crippen LogP contribution is -2.39. The third kappa shape index (κ3) is 3.07. The van der Waals surface area contributed by atoms with Gasteiger partial charge in [0.15, 0.2) is 5.82 Å². The van der Waals surface area contributed by atoms with Crippen LogP contribution < -0.4 is 0 Å². The molecule has 3 rings (SSSR count). The van der Waals surface area contributed by atoms with Crippen LogP contribution in [0.3, 0.4) is 0 Å². The van der Waals surface area contributed by atoms with Crippen molar-refractivity contribution in [3.63, 3.8) is 0 Å². The molecular formula is C17H26N6O. The summed E-state index contributed by atoms with van der Waals surface area (Å²) in [6.45, 7) is 12.3. The van der Waals surface area contributed by atoms with Crippen molar-refractivity contribution >= 4 is 5.91 Å². The van der Waals surface area contributed by atoms with E-state index >= 15 is 0 Å². The minimum Gasteiger partial charge on any atom is -0.333 e. The Kier molecular flexibility index (Phi) is 4.43. The highest BCUT2D eigenvalue weighted by molar-refractivity contribution is 5.76. The number of aryl methyl sites for hydroxylation is 2. The first-order valence-electron chi connectivity index (χ1n) is 8.59. The predicted octanol–water partition coefficient (Wildman–Crippen LogP) is 2.21. The summed E-state index contributed by atoms with van der Waals surface area (Å²) in [5.74, 6) is 2.39. The van der Waals surface area contributed by atoms with Crippen LogP contribution in [0.2, 0.25) is 0 Å². The Labute approximate surface area is 142 Å². The number of aromatic nitrogens is 5. The molecular weight excluding hydrogens is 304 g/mol. The van der Waals surface area contributed by atoms with E-state index in [-0.39, 0.29) is 11.9 Å². The second kappa shape index (κ2) is 6.37. The van der Waals surface area contributed by atoms with Gasteiger partial charge in [-0.15, -0.1) is 10.2 Å². The molecule has 0 fully saturated rings. The van der Waals surface area contributed by atoms with Crippen molar-refractivity contribution in [2.24, 2.45) is 0 Å². The first-order valence-corrected chi connectivity index (χ1v) is 8.59. The summed E-state index contributed by atoms with van der Waals surface area (Å²) >= 11 is 0. The lowest BCUT2D eigenvalue weighted by Gasteiger charge is -2.29. The van der Waals surface area contributed by atoms with Crippen molar-refractivity contribution in [1.82, 2.24) is 29.4 Å². The van der Waals surface area contributed by atoms with Gasteiger partial charge in [-0.3, -0.25) is 9.48 Å². The molecule has 3 heterocycles. The molecule has 0 aliphatic carbocycles. The predicted molar refractivity (Wildman–Crippen MR) is 90.6 cm³/mol. The average Bonchev–Trinajstić information content (AvgIpc) is 3.09. The van der Waals surface area contributed by atoms with Crippen molar-refractivity contribution in [3.05, 3.63) is 29.1 Å². The van der Waals surface area contributed by atoms with Crippen LogP contribution in [0.4, 0.5) is 0 Å². The highest BCUT2D eigenvalue weighted by Gasteiger charge is 2.26. The summed E-state index contributed by atoms with van der Waals surface area (Å²) in [4.78, 5) is 14.6. The molecule has 130 valence electrons. The molecule has 2 aromatic heterocycles. The lowest BCUT2D eigenvalue weighted by molar-refractivity contribution is -0.133. The van der Waals surface area contributed by atoms with Gasteiger partial charge in [0, 0.05) is 31.1 Å². The normalized spacial score (nSPS) is 15.7. The number of carbonyl (C=O) groups is 1. The van der Waals surface area contributed by atoms with E-state index in [4.69, 9.17) is 0 Å². The molecule has 7 nitrogen and oxygen atoms in total. The summed E-state index contributed by atoms with van der Waals surface area (Å²) in [7, 11) is 0. The number of hydrogen-bond acceptors (Lipinski definition) is 4. The second-order valence-electron chi connectivity index (χ2n) is 7.02. The molecule has 0 saturated heterocycles. The summed E-state index contributed by atoms with van der Waals surface area (Å²) in [5, 5.41) is 13.0. The van der Waals surface area contributed by atoms with Gasteiger partial charge in [-0.1, -0.05) is 13.8 Å². The van der Waals surface area contributed by atoms with E-state index in [9.17, 15) is 4.79 Å². The van der Waals surface area contributed by atoms with Gasteiger partial charge in [-0.2, -0.15) is 5.10 Å². The largest absolute Gasteiger partial charge is 0.333 e. The summed E-state index contributed by atoms with van der Waals surface area (Å²) in [6.07, 6.45) is 0.452. The van der Waals surface area contributed by atoms with Crippen molar-refractivity contribution in [1.29, 1.82) is 0 Å². The molecule has 1 aliphatic heterocycles. The topological polar surface area (TPSA) is 68.8 Å². The number of nitrogens with zero attached hydrogens (tertiary/aromatic N) is 6. The number of rotatable bonds is 4. The number of amides is 1. The number of carbonyl (C=O) groups excluding carboxylic acids is 1. The molecule has 1 amide bonds. The van der Waals surface area contributed by atoms with E-state index < -0.39 is 0 Å². The van der Waals surface area contributed by atoms with Crippen LogP contribution in [0.5, 0.6) is 0 Å². The van der Waals surface area contributed by atoms with Gasteiger partial charge < -0.3 is 9.47 Å². The number of fused-ring (bicyclic) bond motifs is 1. The van der Waals surface area contributed by atoms with Gasteiger partial charge in [0.2, 0.25) is 5.91 Å². The molecule has 0 saturated carbocycles. The molecule has 0 radical (unpaired) electrons. The van der Waals surface area contributed by atoms with E-state index in [0.717, 1.165) is 29.6 Å². The molecule has 0 aromatic carbocycles. The van der Waals surface area contributed by atoms with Crippen molar-refractivity contribution in [3.8, 4) is 0 Å². The standard InChI is InChI=1S/C17H26N6O/c1-11(2)17-19-18-15-10-21(6-7-22(15)17)16(24)9-14(5)23-13(4)8-12(3)20-23/h8,11,14H,6-7,9-10H2,1-5H3. The maximum absolute atomic E-state index is 12.7. The highest BCUT2D eigenvalue weighted by atomic mass is 16.2. The molecule has 7 heteroatoms. The van der Waals surface area contributed by atoms with Crippen LogP contribution in [0.1, 0.15) is 62.2 Å². The zero-order chi connectivity index (χ0) is 17.4. The third-order valence-corrected chi connectivity index (χ3v) is 4.58. The van der Waals surface area contributed by atoms with Crippen molar-refractivity contribution < 1.29 is 4.79 Å². The van der Waals surface area contributed by atoms with E-state index in [1.807, 2.05) is 36.4 Å². The quantitative estimate of drug-likeness (QED) is 0.862. The van der Waals surface area contributed by atoms with Crippen LogP contribution >= 0.6 is 0 Å². The zero-order valence-corrected chi connectivity index (χ0v) is 15.2. The molecule has 24 heavy (non-hydrogen) atoms. The summed E-state index contributed by atoms with van der Waals surface area (Å²) < 4.78 is 4.09. The fourth-order valence-electron chi connectivity index (χ4n) is 3.38. The Hall–Kier alpha value is -2.18. The van der Waals surface area contributed by atoms with Crippen LogP contribution in [0.25, 0.3) is 0 Å². The van der Waals surface area contributed by atoms with E-state index in [1.54, 1.807) is 0 Å². The fourth-order valence-corrected chi connectivity index (χ4v) is 3.38. The Bertz CT molecular complexity index is 744. The van der Waals surface area contributed by atoms with Gasteiger partial charge in [0.05, 0.1) is 18.3 Å². The Morgan fingerprint density at radius 2 is 1.96 bits per heavy atom. The molecule has 0 N–H and O–H groups in total. The van der Waals surface area contributed by atoms with Crippen LogP contribution in [0, 0.1) is 13.8 Å². The molecule has 0 bridgehead atoms. The molecule has 1 aliphatic rings. The van der Waals surface area contributed by atoms with Crippen LogP contribution in [-0.2, 0) is 17.9 Å². The summed E-state index contributed by atoms with van der Waals surface area (Å²) in [5.41, 5.74) is 2.08. The zero-order valence-electron chi connectivity index (χ0n) is 15.2. The SMILES string of the molecule is Cc1cc(C)n(C(C)CC(=O)N2CCn3c(nnc3C(C)C)C2)n1. The maximum Gasteiger partial charge on any atom is 0.225 e. The monoisotopic (exact) mass is 330 g/mol.